The third-order valence-electron chi connectivity index (χ3n) is 5.01. The molecule has 4 rings (SSSR count). The van der Waals surface area contributed by atoms with Gasteiger partial charge in [0.05, 0.1) is 16.9 Å². The van der Waals surface area contributed by atoms with E-state index in [1.165, 1.54) is 12.6 Å². The third-order valence-corrected chi connectivity index (χ3v) is 5.01. The van der Waals surface area contributed by atoms with Crippen molar-refractivity contribution in [2.24, 2.45) is 5.73 Å². The molecule has 0 saturated carbocycles. The Hall–Kier alpha value is -3.68. The van der Waals surface area contributed by atoms with Crippen molar-refractivity contribution in [2.45, 2.75) is 19.3 Å². The Morgan fingerprint density at radius 2 is 1.83 bits per heavy atom. The van der Waals surface area contributed by atoms with Crippen LogP contribution in [-0.2, 0) is 0 Å². The number of aromatic nitrogens is 3. The molecule has 2 amide bonds. The number of imidazole rings is 1. The Balaban J connectivity index is 1.59. The van der Waals surface area contributed by atoms with Gasteiger partial charge in [0.1, 0.15) is 12.1 Å². The van der Waals surface area contributed by atoms with Crippen LogP contribution in [0.15, 0.2) is 55.2 Å². The zero-order chi connectivity index (χ0) is 20.2. The minimum atomic E-state index is -0.531. The molecular weight excluding hydrogens is 368 g/mol. The Morgan fingerprint density at radius 3 is 2.48 bits per heavy atom. The molecule has 29 heavy (non-hydrogen) atoms. The number of nitrogens with one attached hydrogen (secondary N) is 1. The third kappa shape index (κ3) is 4.11. The number of carbonyl (C=O) groups is 2. The van der Waals surface area contributed by atoms with Gasteiger partial charge >= 0.3 is 0 Å². The van der Waals surface area contributed by atoms with E-state index < -0.39 is 5.91 Å². The lowest BCUT2D eigenvalue weighted by Gasteiger charge is -2.30. The summed E-state index contributed by atoms with van der Waals surface area (Å²) in [6.45, 7) is 1.83. The van der Waals surface area contributed by atoms with E-state index in [0.29, 0.717) is 22.6 Å². The predicted molar refractivity (Wildman–Crippen MR) is 110 cm³/mol. The maximum atomic E-state index is 12.8. The second kappa shape index (κ2) is 8.14. The summed E-state index contributed by atoms with van der Waals surface area (Å²) >= 11 is 0. The van der Waals surface area contributed by atoms with Crippen LogP contribution in [0.1, 0.15) is 40.0 Å². The van der Waals surface area contributed by atoms with Crippen LogP contribution in [0.2, 0.25) is 0 Å². The Kier molecular flexibility index (Phi) is 5.24. The molecule has 1 aliphatic rings. The summed E-state index contributed by atoms with van der Waals surface area (Å²) in [4.78, 5) is 35.0. The first-order valence-electron chi connectivity index (χ1n) is 9.56. The van der Waals surface area contributed by atoms with Gasteiger partial charge in [-0.15, -0.1) is 0 Å². The van der Waals surface area contributed by atoms with Gasteiger partial charge < -0.3 is 16.0 Å². The fraction of sp³-hybridized carbons (Fsp3) is 0.238. The fourth-order valence-corrected chi connectivity index (χ4v) is 3.46. The summed E-state index contributed by atoms with van der Waals surface area (Å²) in [7, 11) is 0. The lowest BCUT2D eigenvalue weighted by molar-refractivity contribution is 0.0996. The number of piperidine rings is 1. The summed E-state index contributed by atoms with van der Waals surface area (Å²) in [6.07, 6.45) is 10.0. The first kappa shape index (κ1) is 18.7. The molecule has 0 unspecified atom stereocenters. The minimum absolute atomic E-state index is 0.297. The van der Waals surface area contributed by atoms with Crippen molar-refractivity contribution < 1.29 is 9.59 Å². The number of pyridine rings is 1. The Morgan fingerprint density at radius 1 is 1.03 bits per heavy atom. The molecule has 0 bridgehead atoms. The van der Waals surface area contributed by atoms with E-state index in [0.717, 1.165) is 31.6 Å². The van der Waals surface area contributed by atoms with Gasteiger partial charge in [0.25, 0.3) is 5.91 Å². The SMILES string of the molecule is NC(=O)c1ccc(N2CCCCC2)c(NC(=O)c2ccc(-n3ccnc3)nc2)c1. The number of hydrogen-bond donors (Lipinski definition) is 2. The minimum Gasteiger partial charge on any atom is -0.370 e. The normalized spacial score (nSPS) is 13.9. The molecule has 3 aromatic rings. The molecule has 8 heteroatoms. The van der Waals surface area contributed by atoms with Crippen LogP contribution >= 0.6 is 0 Å². The molecule has 1 aromatic carbocycles. The summed E-state index contributed by atoms with van der Waals surface area (Å²) in [6, 6.07) is 8.64. The number of nitrogens with zero attached hydrogens (tertiary/aromatic N) is 4. The van der Waals surface area contributed by atoms with Gasteiger partial charge in [-0.2, -0.15) is 0 Å². The largest absolute Gasteiger partial charge is 0.370 e. The quantitative estimate of drug-likeness (QED) is 0.696. The molecule has 0 aliphatic carbocycles. The van der Waals surface area contributed by atoms with Crippen molar-refractivity contribution in [2.75, 3.05) is 23.3 Å². The van der Waals surface area contributed by atoms with Crippen molar-refractivity contribution in [3.63, 3.8) is 0 Å². The highest BCUT2D eigenvalue weighted by Crippen LogP contribution is 2.30. The molecule has 8 nitrogen and oxygen atoms in total. The predicted octanol–water partition coefficient (Wildman–Crippen LogP) is 2.61. The van der Waals surface area contributed by atoms with Crippen LogP contribution in [0, 0.1) is 0 Å². The van der Waals surface area contributed by atoms with E-state index in [1.807, 2.05) is 6.07 Å². The summed E-state index contributed by atoms with van der Waals surface area (Å²) < 4.78 is 1.76. The van der Waals surface area contributed by atoms with Crippen LogP contribution in [0.25, 0.3) is 5.82 Å². The van der Waals surface area contributed by atoms with Gasteiger partial charge in [-0.3, -0.25) is 14.2 Å². The number of hydrogen-bond acceptors (Lipinski definition) is 5. The first-order chi connectivity index (χ1) is 14.1. The standard InChI is InChI=1S/C21H22N6O2/c22-20(28)15-4-6-18(26-9-2-1-3-10-26)17(12-15)25-21(29)16-5-7-19(24-13-16)27-11-8-23-14-27/h4-8,11-14H,1-3,9-10H2,(H2,22,28)(H,25,29). The van der Waals surface area contributed by atoms with Crippen LogP contribution in [0.3, 0.4) is 0 Å². The van der Waals surface area contributed by atoms with Crippen molar-refractivity contribution >= 4 is 23.2 Å². The first-order valence-corrected chi connectivity index (χ1v) is 9.56. The van der Waals surface area contributed by atoms with Gasteiger partial charge in [0, 0.05) is 37.2 Å². The molecular formula is C21H22N6O2. The van der Waals surface area contributed by atoms with E-state index >= 15 is 0 Å². The molecule has 0 spiro atoms. The van der Waals surface area contributed by atoms with Crippen molar-refractivity contribution in [1.29, 1.82) is 0 Å². The van der Waals surface area contributed by atoms with Gasteiger partial charge in [-0.05, 0) is 49.6 Å². The maximum Gasteiger partial charge on any atom is 0.257 e. The average Bonchev–Trinajstić information content (AvgIpc) is 3.29. The van der Waals surface area contributed by atoms with Gasteiger partial charge in [-0.1, -0.05) is 0 Å². The number of rotatable bonds is 5. The molecule has 3 heterocycles. The Labute approximate surface area is 168 Å². The van der Waals surface area contributed by atoms with E-state index in [2.05, 4.69) is 20.2 Å². The molecule has 0 atom stereocenters. The van der Waals surface area contributed by atoms with Crippen molar-refractivity contribution in [1.82, 2.24) is 14.5 Å². The highest BCUT2D eigenvalue weighted by atomic mass is 16.2. The maximum absolute atomic E-state index is 12.8. The van der Waals surface area contributed by atoms with E-state index in [-0.39, 0.29) is 5.91 Å². The summed E-state index contributed by atoms with van der Waals surface area (Å²) in [5.41, 5.74) is 7.68. The molecule has 1 fully saturated rings. The van der Waals surface area contributed by atoms with Gasteiger partial charge in [-0.25, -0.2) is 9.97 Å². The Bertz CT molecular complexity index is 1010. The number of carbonyl (C=O) groups excluding carboxylic acids is 2. The smallest absolute Gasteiger partial charge is 0.257 e. The van der Waals surface area contributed by atoms with Crippen LogP contribution in [0.5, 0.6) is 0 Å². The second-order valence-electron chi connectivity index (χ2n) is 6.97. The summed E-state index contributed by atoms with van der Waals surface area (Å²) in [5, 5.41) is 2.93. The second-order valence-corrected chi connectivity index (χ2v) is 6.97. The molecule has 3 N–H and O–H groups in total. The highest BCUT2D eigenvalue weighted by molar-refractivity contribution is 6.07. The molecule has 1 aliphatic heterocycles. The molecule has 148 valence electrons. The van der Waals surface area contributed by atoms with Gasteiger partial charge in [0.15, 0.2) is 0 Å². The van der Waals surface area contributed by atoms with Crippen molar-refractivity contribution in [3.8, 4) is 5.82 Å². The zero-order valence-corrected chi connectivity index (χ0v) is 15.9. The lowest BCUT2D eigenvalue weighted by atomic mass is 10.1. The van der Waals surface area contributed by atoms with E-state index in [4.69, 9.17) is 5.73 Å². The molecule has 2 aromatic heterocycles. The zero-order valence-electron chi connectivity index (χ0n) is 15.9. The fourth-order valence-electron chi connectivity index (χ4n) is 3.46. The van der Waals surface area contributed by atoms with Crippen LogP contribution in [-0.4, -0.2) is 39.4 Å². The number of nitrogens with two attached hydrogens (primary N) is 1. The number of amides is 2. The number of primary amides is 1. The number of anilines is 2. The van der Waals surface area contributed by atoms with E-state index in [1.54, 1.807) is 47.6 Å². The van der Waals surface area contributed by atoms with Gasteiger partial charge in [0.2, 0.25) is 5.91 Å². The monoisotopic (exact) mass is 390 g/mol. The van der Waals surface area contributed by atoms with Crippen LogP contribution in [0.4, 0.5) is 11.4 Å². The highest BCUT2D eigenvalue weighted by Gasteiger charge is 2.18. The molecule has 0 radical (unpaired) electrons. The van der Waals surface area contributed by atoms with E-state index in [9.17, 15) is 9.59 Å². The van der Waals surface area contributed by atoms with Crippen molar-refractivity contribution in [3.05, 3.63) is 66.4 Å². The topological polar surface area (TPSA) is 106 Å². The number of benzene rings is 1. The van der Waals surface area contributed by atoms with Crippen LogP contribution < -0.4 is 16.0 Å². The molecule has 1 saturated heterocycles. The lowest BCUT2D eigenvalue weighted by Crippen LogP contribution is -2.30. The summed E-state index contributed by atoms with van der Waals surface area (Å²) in [5.74, 6) is -0.157. The average molecular weight is 390 g/mol.